The fourth-order valence-electron chi connectivity index (χ4n) is 2.73. The summed E-state index contributed by atoms with van der Waals surface area (Å²) in [6.45, 7) is 2.71. The number of carbonyl (C=O) groups excluding carboxylic acids is 2. The number of rotatable bonds is 3. The van der Waals surface area contributed by atoms with E-state index in [1.807, 2.05) is 19.1 Å². The molecule has 0 aromatic rings. The number of hydrogen-bond acceptors (Lipinski definition) is 5. The molecule has 0 saturated carbocycles. The third-order valence-electron chi connectivity index (χ3n) is 3.42. The first-order valence-electron chi connectivity index (χ1n) is 5.38. The summed E-state index contributed by atoms with van der Waals surface area (Å²) in [5.41, 5.74) is -0.783. The predicted molar refractivity (Wildman–Crippen MR) is 51.3 cm³/mol. The first kappa shape index (κ1) is 9.99. The molecule has 2 saturated heterocycles. The van der Waals surface area contributed by atoms with Gasteiger partial charge in [0.05, 0.1) is 12.7 Å². The Balaban J connectivity index is 1.93. The molecule has 0 aliphatic carbocycles. The Labute approximate surface area is 92.3 Å². The third kappa shape index (κ3) is 1.07. The van der Waals surface area contributed by atoms with Gasteiger partial charge in [-0.1, -0.05) is 12.2 Å². The SMILES string of the molecule is CCOCC12C=CC(O1)C1C(=O)OC(=O)C12. The third-order valence-corrected chi connectivity index (χ3v) is 3.42. The van der Waals surface area contributed by atoms with Crippen molar-refractivity contribution in [2.75, 3.05) is 13.2 Å². The highest BCUT2D eigenvalue weighted by Gasteiger charge is 2.67. The number of carbonyl (C=O) groups is 2. The summed E-state index contributed by atoms with van der Waals surface area (Å²) >= 11 is 0. The molecule has 86 valence electrons. The maximum atomic E-state index is 11.6. The Kier molecular flexibility index (Phi) is 1.96. The normalized spacial score (nSPS) is 43.9. The van der Waals surface area contributed by atoms with Crippen LogP contribution in [-0.4, -0.2) is 36.9 Å². The van der Waals surface area contributed by atoms with Gasteiger partial charge in [0.1, 0.15) is 17.4 Å². The minimum Gasteiger partial charge on any atom is -0.393 e. The molecule has 3 aliphatic rings. The highest BCUT2D eigenvalue weighted by atomic mass is 16.6. The lowest BCUT2D eigenvalue weighted by Gasteiger charge is -2.26. The fraction of sp³-hybridized carbons (Fsp3) is 0.636. The maximum Gasteiger partial charge on any atom is 0.320 e. The Hall–Kier alpha value is -1.20. The van der Waals surface area contributed by atoms with Crippen LogP contribution >= 0.6 is 0 Å². The van der Waals surface area contributed by atoms with Crippen LogP contribution in [0, 0.1) is 11.8 Å². The van der Waals surface area contributed by atoms with Crippen LogP contribution in [0.2, 0.25) is 0 Å². The van der Waals surface area contributed by atoms with Crippen molar-refractivity contribution in [2.24, 2.45) is 11.8 Å². The number of cyclic esters (lactones) is 2. The number of fused-ring (bicyclic) bond motifs is 5. The van der Waals surface area contributed by atoms with Crippen LogP contribution in [-0.2, 0) is 23.8 Å². The van der Waals surface area contributed by atoms with E-state index in [1.165, 1.54) is 0 Å². The van der Waals surface area contributed by atoms with Gasteiger partial charge in [0.25, 0.3) is 0 Å². The van der Waals surface area contributed by atoms with Gasteiger partial charge in [-0.25, -0.2) is 0 Å². The maximum absolute atomic E-state index is 11.6. The quantitative estimate of drug-likeness (QED) is 0.385. The lowest BCUT2D eigenvalue weighted by Crippen LogP contribution is -2.42. The average molecular weight is 224 g/mol. The van der Waals surface area contributed by atoms with Gasteiger partial charge in [0.15, 0.2) is 0 Å². The van der Waals surface area contributed by atoms with Gasteiger partial charge < -0.3 is 14.2 Å². The standard InChI is InChI=1S/C11H12O5/c1-2-14-5-11-4-3-6(16-11)7-8(11)10(13)15-9(7)12/h3-4,6-8H,2,5H2,1H3. The van der Waals surface area contributed by atoms with Crippen molar-refractivity contribution in [1.29, 1.82) is 0 Å². The van der Waals surface area contributed by atoms with E-state index in [4.69, 9.17) is 9.47 Å². The van der Waals surface area contributed by atoms with Gasteiger partial charge in [0.2, 0.25) is 0 Å². The number of esters is 2. The van der Waals surface area contributed by atoms with Crippen molar-refractivity contribution in [3.05, 3.63) is 12.2 Å². The largest absolute Gasteiger partial charge is 0.393 e. The van der Waals surface area contributed by atoms with E-state index < -0.39 is 29.4 Å². The molecular weight excluding hydrogens is 212 g/mol. The molecule has 5 nitrogen and oxygen atoms in total. The van der Waals surface area contributed by atoms with Crippen molar-refractivity contribution in [1.82, 2.24) is 0 Å². The highest BCUT2D eigenvalue weighted by molar-refractivity contribution is 5.99. The molecule has 3 rings (SSSR count). The van der Waals surface area contributed by atoms with E-state index in [1.54, 1.807) is 0 Å². The van der Waals surface area contributed by atoms with Crippen LogP contribution in [0.25, 0.3) is 0 Å². The Morgan fingerprint density at radius 2 is 2.25 bits per heavy atom. The van der Waals surface area contributed by atoms with E-state index in [-0.39, 0.29) is 6.10 Å². The second-order valence-electron chi connectivity index (χ2n) is 4.28. The summed E-state index contributed by atoms with van der Waals surface area (Å²) in [5, 5.41) is 0. The van der Waals surface area contributed by atoms with E-state index in [0.29, 0.717) is 13.2 Å². The van der Waals surface area contributed by atoms with Gasteiger partial charge in [-0.3, -0.25) is 9.59 Å². The average Bonchev–Trinajstić information content (AvgIpc) is 2.88. The molecule has 3 heterocycles. The first-order valence-corrected chi connectivity index (χ1v) is 5.38. The molecule has 0 N–H and O–H groups in total. The van der Waals surface area contributed by atoms with Gasteiger partial charge in [-0.15, -0.1) is 0 Å². The second kappa shape index (κ2) is 3.15. The Morgan fingerprint density at radius 1 is 1.44 bits per heavy atom. The zero-order valence-corrected chi connectivity index (χ0v) is 8.84. The van der Waals surface area contributed by atoms with Gasteiger partial charge in [-0.2, -0.15) is 0 Å². The smallest absolute Gasteiger partial charge is 0.320 e. The van der Waals surface area contributed by atoms with Crippen molar-refractivity contribution in [3.63, 3.8) is 0 Å². The lowest BCUT2D eigenvalue weighted by molar-refractivity contribution is -0.159. The Bertz CT molecular complexity index is 388. The monoisotopic (exact) mass is 224 g/mol. The van der Waals surface area contributed by atoms with E-state index in [0.717, 1.165) is 0 Å². The van der Waals surface area contributed by atoms with Gasteiger partial charge in [0, 0.05) is 6.61 Å². The molecule has 4 unspecified atom stereocenters. The van der Waals surface area contributed by atoms with Crippen molar-refractivity contribution < 1.29 is 23.8 Å². The summed E-state index contributed by atoms with van der Waals surface area (Å²) in [7, 11) is 0. The van der Waals surface area contributed by atoms with Crippen LogP contribution < -0.4 is 0 Å². The summed E-state index contributed by atoms with van der Waals surface area (Å²) in [5.74, 6) is -1.95. The molecular formula is C11H12O5. The molecule has 0 radical (unpaired) electrons. The lowest BCUT2D eigenvalue weighted by atomic mass is 9.77. The predicted octanol–water partition coefficient (Wildman–Crippen LogP) is 0.0461. The zero-order valence-electron chi connectivity index (χ0n) is 8.84. The summed E-state index contributed by atoms with van der Waals surface area (Å²) < 4.78 is 15.7. The van der Waals surface area contributed by atoms with E-state index >= 15 is 0 Å². The minimum absolute atomic E-state index is 0.292. The van der Waals surface area contributed by atoms with Crippen LogP contribution in [0.1, 0.15) is 6.92 Å². The van der Waals surface area contributed by atoms with Crippen LogP contribution in [0.5, 0.6) is 0 Å². The van der Waals surface area contributed by atoms with E-state index in [9.17, 15) is 9.59 Å². The minimum atomic E-state index is -0.783. The number of ether oxygens (including phenoxy) is 3. The van der Waals surface area contributed by atoms with Gasteiger partial charge >= 0.3 is 11.9 Å². The first-order chi connectivity index (χ1) is 7.68. The number of hydrogen-bond donors (Lipinski definition) is 0. The highest BCUT2D eigenvalue weighted by Crippen LogP contribution is 2.51. The molecule has 0 aromatic heterocycles. The molecule has 0 amide bonds. The van der Waals surface area contributed by atoms with Crippen molar-refractivity contribution >= 4 is 11.9 Å². The van der Waals surface area contributed by atoms with Crippen LogP contribution in [0.3, 0.4) is 0 Å². The zero-order chi connectivity index (χ0) is 11.3. The molecule has 3 aliphatic heterocycles. The van der Waals surface area contributed by atoms with Crippen LogP contribution in [0.4, 0.5) is 0 Å². The molecule has 16 heavy (non-hydrogen) atoms. The second-order valence-corrected chi connectivity index (χ2v) is 4.28. The summed E-state index contributed by atoms with van der Waals surface area (Å²) in [6, 6.07) is 0. The van der Waals surface area contributed by atoms with Crippen LogP contribution in [0.15, 0.2) is 12.2 Å². The molecule has 2 fully saturated rings. The fourth-order valence-corrected chi connectivity index (χ4v) is 2.73. The molecule has 0 aromatic carbocycles. The van der Waals surface area contributed by atoms with Gasteiger partial charge in [-0.05, 0) is 6.92 Å². The topological polar surface area (TPSA) is 61.8 Å². The van der Waals surface area contributed by atoms with Crippen molar-refractivity contribution in [3.8, 4) is 0 Å². The molecule has 2 bridgehead atoms. The van der Waals surface area contributed by atoms with Crippen molar-refractivity contribution in [2.45, 2.75) is 18.6 Å². The van der Waals surface area contributed by atoms with E-state index in [2.05, 4.69) is 4.74 Å². The molecule has 5 heteroatoms. The summed E-state index contributed by atoms with van der Waals surface area (Å²) in [4.78, 5) is 23.1. The summed E-state index contributed by atoms with van der Waals surface area (Å²) in [6.07, 6.45) is 3.32. The molecule has 4 atom stereocenters. The Morgan fingerprint density at radius 3 is 3.00 bits per heavy atom. The molecule has 0 spiro atoms.